The van der Waals surface area contributed by atoms with E-state index in [1.54, 1.807) is 0 Å². The quantitative estimate of drug-likeness (QED) is 0.593. The van der Waals surface area contributed by atoms with Crippen molar-refractivity contribution in [2.75, 3.05) is 6.54 Å². The van der Waals surface area contributed by atoms with Crippen molar-refractivity contribution in [1.29, 1.82) is 5.26 Å². The highest BCUT2D eigenvalue weighted by molar-refractivity contribution is 4.73. The first-order valence-electron chi connectivity index (χ1n) is 4.95. The van der Waals surface area contributed by atoms with E-state index in [9.17, 15) is 0 Å². The molecule has 0 atom stereocenters. The lowest BCUT2D eigenvalue weighted by molar-refractivity contribution is 0.449. The van der Waals surface area contributed by atoms with E-state index in [4.69, 9.17) is 5.26 Å². The van der Waals surface area contributed by atoms with Crippen molar-refractivity contribution >= 4 is 0 Å². The molecule has 0 radical (unpaired) electrons. The van der Waals surface area contributed by atoms with Crippen LogP contribution in [-0.4, -0.2) is 12.6 Å². The van der Waals surface area contributed by atoms with Crippen LogP contribution in [0.5, 0.6) is 0 Å². The monoisotopic (exact) mass is 168 g/mol. The van der Waals surface area contributed by atoms with Crippen LogP contribution < -0.4 is 5.32 Å². The summed E-state index contributed by atoms with van der Waals surface area (Å²) in [4.78, 5) is 0. The van der Waals surface area contributed by atoms with Crippen molar-refractivity contribution in [2.45, 2.75) is 52.0 Å². The lowest BCUT2D eigenvalue weighted by atomic mass is 10.1. The molecule has 0 aliphatic carbocycles. The summed E-state index contributed by atoms with van der Waals surface area (Å²) >= 11 is 0. The molecule has 2 nitrogen and oxygen atoms in total. The van der Waals surface area contributed by atoms with Crippen LogP contribution in [0.2, 0.25) is 0 Å². The van der Waals surface area contributed by atoms with Crippen molar-refractivity contribution in [2.24, 2.45) is 0 Å². The van der Waals surface area contributed by atoms with Crippen molar-refractivity contribution in [1.82, 2.24) is 5.32 Å². The van der Waals surface area contributed by atoms with Gasteiger partial charge in [-0.3, -0.25) is 0 Å². The van der Waals surface area contributed by atoms with Gasteiger partial charge in [-0.05, 0) is 12.8 Å². The Kier molecular flexibility index (Phi) is 8.15. The normalized spacial score (nSPS) is 10.2. The molecule has 0 aromatic heterocycles. The maximum absolute atomic E-state index is 8.35. The number of rotatable bonds is 7. The molecule has 70 valence electrons. The Bertz CT molecular complexity index is 120. The number of hydrogen-bond donors (Lipinski definition) is 1. The molecule has 0 aliphatic rings. The lowest BCUT2D eigenvalue weighted by Gasteiger charge is -2.15. The van der Waals surface area contributed by atoms with Gasteiger partial charge in [-0.25, -0.2) is 0 Å². The summed E-state index contributed by atoms with van der Waals surface area (Å²) in [7, 11) is 0. The summed E-state index contributed by atoms with van der Waals surface area (Å²) in [5.74, 6) is 0. The molecule has 0 unspecified atom stereocenters. The number of nitrogens with one attached hydrogen (secondary N) is 1. The van der Waals surface area contributed by atoms with Crippen LogP contribution in [0.4, 0.5) is 0 Å². The van der Waals surface area contributed by atoms with E-state index in [0.29, 0.717) is 12.5 Å². The van der Waals surface area contributed by atoms with E-state index in [1.807, 2.05) is 0 Å². The van der Waals surface area contributed by atoms with Crippen molar-refractivity contribution in [3.63, 3.8) is 0 Å². The molecule has 0 spiro atoms. The van der Waals surface area contributed by atoms with Gasteiger partial charge in [-0.15, -0.1) is 0 Å². The smallest absolute Gasteiger partial charge is 0.0635 e. The van der Waals surface area contributed by atoms with Crippen molar-refractivity contribution in [3.8, 4) is 6.07 Å². The first-order chi connectivity index (χ1) is 5.85. The first-order valence-corrected chi connectivity index (χ1v) is 4.95. The predicted octanol–water partition coefficient (Wildman–Crippen LogP) is 2.46. The maximum Gasteiger partial charge on any atom is 0.0635 e. The summed E-state index contributed by atoms with van der Waals surface area (Å²) in [6.45, 7) is 5.25. The number of nitrogens with zero attached hydrogens (tertiary/aromatic N) is 1. The molecule has 0 saturated heterocycles. The molecule has 0 fully saturated rings. The summed E-state index contributed by atoms with van der Waals surface area (Å²) in [6, 6.07) is 2.78. The molecule has 0 amide bonds. The zero-order valence-electron chi connectivity index (χ0n) is 8.27. The molecule has 0 heterocycles. The Morgan fingerprint density at radius 3 is 2.25 bits per heavy atom. The molecule has 2 heteroatoms. The van der Waals surface area contributed by atoms with Crippen LogP contribution in [0.15, 0.2) is 0 Å². The Morgan fingerprint density at radius 1 is 1.25 bits per heavy atom. The van der Waals surface area contributed by atoms with E-state index in [1.165, 1.54) is 25.7 Å². The highest BCUT2D eigenvalue weighted by Crippen LogP contribution is 2.03. The molecule has 0 saturated carbocycles. The molecule has 0 rings (SSSR count). The Labute approximate surface area is 76.0 Å². The fourth-order valence-corrected chi connectivity index (χ4v) is 1.38. The van der Waals surface area contributed by atoms with Crippen molar-refractivity contribution < 1.29 is 0 Å². The molecule has 1 N–H and O–H groups in total. The third-order valence-electron chi connectivity index (χ3n) is 1.94. The number of nitriles is 1. The second-order valence-electron chi connectivity index (χ2n) is 3.14. The fourth-order valence-electron chi connectivity index (χ4n) is 1.38. The zero-order chi connectivity index (χ0) is 9.23. The molecular weight excluding hydrogens is 148 g/mol. The Morgan fingerprint density at radius 2 is 1.83 bits per heavy atom. The molecular formula is C10H20N2. The maximum atomic E-state index is 8.35. The van der Waals surface area contributed by atoms with Gasteiger partial charge in [-0.2, -0.15) is 5.26 Å². The minimum Gasteiger partial charge on any atom is -0.313 e. The van der Waals surface area contributed by atoms with Crippen LogP contribution in [0, 0.1) is 11.3 Å². The van der Waals surface area contributed by atoms with Gasteiger partial charge < -0.3 is 5.32 Å². The van der Waals surface area contributed by atoms with E-state index in [-0.39, 0.29) is 0 Å². The predicted molar refractivity (Wildman–Crippen MR) is 51.8 cm³/mol. The highest BCUT2D eigenvalue weighted by atomic mass is 14.9. The number of hydrogen-bond acceptors (Lipinski definition) is 2. The lowest BCUT2D eigenvalue weighted by Crippen LogP contribution is -2.29. The molecule has 0 bridgehead atoms. The first kappa shape index (κ1) is 11.4. The van der Waals surface area contributed by atoms with Gasteiger partial charge in [0.2, 0.25) is 0 Å². The summed E-state index contributed by atoms with van der Waals surface area (Å²) in [5.41, 5.74) is 0. The summed E-state index contributed by atoms with van der Waals surface area (Å²) in [6.07, 6.45) is 5.55. The van der Waals surface area contributed by atoms with Gasteiger partial charge in [0.25, 0.3) is 0 Å². The zero-order valence-corrected chi connectivity index (χ0v) is 8.27. The Hall–Kier alpha value is -0.550. The van der Waals surface area contributed by atoms with E-state index in [0.717, 1.165) is 6.54 Å². The van der Waals surface area contributed by atoms with Crippen LogP contribution in [-0.2, 0) is 0 Å². The van der Waals surface area contributed by atoms with Crippen LogP contribution in [0.25, 0.3) is 0 Å². The van der Waals surface area contributed by atoms with E-state index in [2.05, 4.69) is 25.2 Å². The SMILES string of the molecule is CCCC(CCC)NCCC#N. The van der Waals surface area contributed by atoms with Gasteiger partial charge in [0.05, 0.1) is 6.07 Å². The van der Waals surface area contributed by atoms with E-state index >= 15 is 0 Å². The van der Waals surface area contributed by atoms with Gasteiger partial charge in [-0.1, -0.05) is 26.7 Å². The minimum absolute atomic E-state index is 0.629. The summed E-state index contributed by atoms with van der Waals surface area (Å²) in [5, 5.41) is 11.7. The molecule has 0 aromatic rings. The van der Waals surface area contributed by atoms with Gasteiger partial charge in [0.1, 0.15) is 0 Å². The van der Waals surface area contributed by atoms with Crippen LogP contribution in [0.3, 0.4) is 0 Å². The fraction of sp³-hybridized carbons (Fsp3) is 0.900. The second kappa shape index (κ2) is 8.55. The minimum atomic E-state index is 0.629. The average molecular weight is 168 g/mol. The van der Waals surface area contributed by atoms with Crippen LogP contribution >= 0.6 is 0 Å². The highest BCUT2D eigenvalue weighted by Gasteiger charge is 2.03. The molecule has 0 aromatic carbocycles. The Balaban J connectivity index is 3.42. The summed E-state index contributed by atoms with van der Waals surface area (Å²) < 4.78 is 0. The third kappa shape index (κ3) is 6.18. The largest absolute Gasteiger partial charge is 0.313 e. The van der Waals surface area contributed by atoms with Gasteiger partial charge in [0.15, 0.2) is 0 Å². The standard InChI is InChI=1S/C10H20N2/c1-3-6-10(7-4-2)12-9-5-8-11/h10,12H,3-7,9H2,1-2H3. The van der Waals surface area contributed by atoms with Gasteiger partial charge >= 0.3 is 0 Å². The average Bonchev–Trinajstić information content (AvgIpc) is 2.06. The molecule has 0 aliphatic heterocycles. The third-order valence-corrected chi connectivity index (χ3v) is 1.94. The van der Waals surface area contributed by atoms with Gasteiger partial charge in [0, 0.05) is 19.0 Å². The van der Waals surface area contributed by atoms with Crippen molar-refractivity contribution in [3.05, 3.63) is 0 Å². The second-order valence-corrected chi connectivity index (χ2v) is 3.14. The molecule has 12 heavy (non-hydrogen) atoms. The van der Waals surface area contributed by atoms with Crippen LogP contribution in [0.1, 0.15) is 46.0 Å². The topological polar surface area (TPSA) is 35.8 Å². The van der Waals surface area contributed by atoms with E-state index < -0.39 is 0 Å².